The molecule has 2 unspecified atom stereocenters. The largest absolute Gasteiger partial charge is 0.489 e. The second-order valence-electron chi connectivity index (χ2n) is 6.98. The third-order valence-electron chi connectivity index (χ3n) is 4.82. The molecule has 0 fully saturated rings. The van der Waals surface area contributed by atoms with Crippen molar-refractivity contribution >= 4 is 11.7 Å². The van der Waals surface area contributed by atoms with Crippen LogP contribution in [0, 0.1) is 0 Å². The highest BCUT2D eigenvalue weighted by atomic mass is 16.5. The van der Waals surface area contributed by atoms with Crippen molar-refractivity contribution in [3.05, 3.63) is 89.2 Å². The van der Waals surface area contributed by atoms with Crippen LogP contribution in [-0.4, -0.2) is 22.8 Å². The molecule has 6 heteroatoms. The zero-order valence-electron chi connectivity index (χ0n) is 15.9. The molecule has 0 aliphatic carbocycles. The van der Waals surface area contributed by atoms with Crippen molar-refractivity contribution in [1.82, 2.24) is 4.98 Å². The fourth-order valence-electron chi connectivity index (χ4n) is 3.36. The van der Waals surface area contributed by atoms with Crippen molar-refractivity contribution in [2.75, 3.05) is 0 Å². The number of Topliss-reactive ketones (excluding diaryl/α,β-unsaturated/α-hetero) is 1. The summed E-state index contributed by atoms with van der Waals surface area (Å²) in [6.07, 6.45) is 3.16. The van der Waals surface area contributed by atoms with Gasteiger partial charge in [0.25, 0.3) is 0 Å². The van der Waals surface area contributed by atoms with Crippen LogP contribution >= 0.6 is 0 Å². The normalized spacial score (nSPS) is 16.4. The lowest BCUT2D eigenvalue weighted by Crippen LogP contribution is -2.23. The number of nitrogens with two attached hydrogens (primary N) is 1. The van der Waals surface area contributed by atoms with E-state index in [0.29, 0.717) is 29.0 Å². The van der Waals surface area contributed by atoms with E-state index >= 15 is 0 Å². The molecule has 29 heavy (non-hydrogen) atoms. The van der Waals surface area contributed by atoms with E-state index in [0.717, 1.165) is 11.1 Å². The van der Waals surface area contributed by atoms with Crippen LogP contribution in [0.25, 0.3) is 0 Å². The van der Waals surface area contributed by atoms with Crippen molar-refractivity contribution in [1.29, 1.82) is 0 Å². The molecule has 1 amide bonds. The number of rotatable bonds is 5. The minimum absolute atomic E-state index is 0.0676. The predicted molar refractivity (Wildman–Crippen MR) is 107 cm³/mol. The summed E-state index contributed by atoms with van der Waals surface area (Å²) in [5.41, 5.74) is 8.09. The summed E-state index contributed by atoms with van der Waals surface area (Å²) in [6.45, 7) is 1.87. The lowest BCUT2D eigenvalue weighted by Gasteiger charge is -2.24. The fraction of sp³-hybridized carbons (Fsp3) is 0.174. The number of pyridine rings is 1. The average molecular weight is 388 g/mol. The minimum Gasteiger partial charge on any atom is -0.489 e. The molecular weight excluding hydrogens is 368 g/mol. The van der Waals surface area contributed by atoms with Gasteiger partial charge in [-0.1, -0.05) is 12.1 Å². The summed E-state index contributed by atoms with van der Waals surface area (Å²) in [7, 11) is 0. The molecule has 2 aromatic carbocycles. The van der Waals surface area contributed by atoms with Gasteiger partial charge in [0.2, 0.25) is 5.91 Å². The van der Waals surface area contributed by atoms with Gasteiger partial charge in [0.05, 0.1) is 5.56 Å². The lowest BCUT2D eigenvalue weighted by molar-refractivity contribution is 0.0869. The van der Waals surface area contributed by atoms with Crippen LogP contribution in [0.5, 0.6) is 11.5 Å². The van der Waals surface area contributed by atoms with Gasteiger partial charge in [-0.05, 0) is 54.4 Å². The number of hydrogen-bond acceptors (Lipinski definition) is 5. The van der Waals surface area contributed by atoms with Gasteiger partial charge in [-0.3, -0.25) is 14.6 Å². The summed E-state index contributed by atoms with van der Waals surface area (Å²) in [5, 5.41) is 0. The van der Waals surface area contributed by atoms with Gasteiger partial charge in [0.1, 0.15) is 23.7 Å². The number of ether oxygens (including phenoxy) is 2. The zero-order chi connectivity index (χ0) is 20.4. The highest BCUT2D eigenvalue weighted by Crippen LogP contribution is 2.34. The van der Waals surface area contributed by atoms with Crippen molar-refractivity contribution in [2.24, 2.45) is 5.73 Å². The second kappa shape index (κ2) is 7.75. The number of nitrogens with zero attached hydrogens (tertiary/aromatic N) is 1. The number of fused-ring (bicyclic) bond motifs is 1. The van der Waals surface area contributed by atoms with Gasteiger partial charge in [0.15, 0.2) is 5.78 Å². The topological polar surface area (TPSA) is 91.5 Å². The number of hydrogen-bond donors (Lipinski definition) is 1. The van der Waals surface area contributed by atoms with Crippen LogP contribution in [0.3, 0.4) is 0 Å². The first-order chi connectivity index (χ1) is 14.0. The Morgan fingerprint density at radius 2 is 1.79 bits per heavy atom. The van der Waals surface area contributed by atoms with Crippen molar-refractivity contribution < 1.29 is 19.1 Å². The fourth-order valence-corrected chi connectivity index (χ4v) is 3.36. The van der Waals surface area contributed by atoms with E-state index < -0.39 is 12.0 Å². The molecule has 2 N–H and O–H groups in total. The number of aromatic nitrogens is 1. The molecule has 4 rings (SSSR count). The molecule has 2 atom stereocenters. The Labute approximate surface area is 168 Å². The second-order valence-corrected chi connectivity index (χ2v) is 6.98. The van der Waals surface area contributed by atoms with E-state index in [2.05, 4.69) is 4.98 Å². The first-order valence-electron chi connectivity index (χ1n) is 9.31. The molecule has 0 spiro atoms. The van der Waals surface area contributed by atoms with Gasteiger partial charge in [-0.15, -0.1) is 0 Å². The molecule has 0 saturated carbocycles. The Hall–Kier alpha value is -3.67. The first kappa shape index (κ1) is 18.7. The molecule has 3 aromatic rings. The van der Waals surface area contributed by atoms with Crippen LogP contribution in [0.15, 0.2) is 67.0 Å². The summed E-state index contributed by atoms with van der Waals surface area (Å²) in [6, 6.07) is 15.9. The number of ketones is 1. The Bertz CT molecular complexity index is 1050. The molecule has 1 aliphatic rings. The number of amides is 1. The van der Waals surface area contributed by atoms with Crippen LogP contribution in [0.4, 0.5) is 0 Å². The van der Waals surface area contributed by atoms with Crippen molar-refractivity contribution in [3.63, 3.8) is 0 Å². The highest BCUT2D eigenvalue weighted by molar-refractivity contribution is 6.00. The molecule has 0 saturated heterocycles. The van der Waals surface area contributed by atoms with Crippen LogP contribution in [0.1, 0.15) is 51.3 Å². The van der Waals surface area contributed by atoms with E-state index in [1.807, 2.05) is 31.2 Å². The Morgan fingerprint density at radius 1 is 1.10 bits per heavy atom. The van der Waals surface area contributed by atoms with Gasteiger partial charge in [0, 0.05) is 30.4 Å². The third-order valence-corrected chi connectivity index (χ3v) is 4.82. The highest BCUT2D eigenvalue weighted by Gasteiger charge is 2.25. The molecule has 146 valence electrons. The van der Waals surface area contributed by atoms with E-state index in [4.69, 9.17) is 15.2 Å². The molecule has 0 bridgehead atoms. The monoisotopic (exact) mass is 388 g/mol. The number of primary amides is 1. The van der Waals surface area contributed by atoms with Gasteiger partial charge in [-0.25, -0.2) is 0 Å². The van der Waals surface area contributed by atoms with Crippen LogP contribution < -0.4 is 15.2 Å². The van der Waals surface area contributed by atoms with Crippen LogP contribution in [0.2, 0.25) is 0 Å². The molecule has 0 radical (unpaired) electrons. The minimum atomic E-state index is -0.483. The Balaban J connectivity index is 1.69. The van der Waals surface area contributed by atoms with Gasteiger partial charge >= 0.3 is 0 Å². The smallest absolute Gasteiger partial charge is 0.248 e. The third kappa shape index (κ3) is 3.96. The summed E-state index contributed by atoms with van der Waals surface area (Å²) in [5.74, 6) is 0.692. The maximum atomic E-state index is 12.2. The maximum absolute atomic E-state index is 12.2. The predicted octanol–water partition coefficient (Wildman–Crippen LogP) is 3.70. The Kier molecular flexibility index (Phi) is 4.99. The summed E-state index contributed by atoms with van der Waals surface area (Å²) in [4.78, 5) is 27.6. The molecule has 1 aromatic heterocycles. The molecule has 6 nitrogen and oxygen atoms in total. The Morgan fingerprint density at radius 3 is 2.48 bits per heavy atom. The van der Waals surface area contributed by atoms with E-state index in [9.17, 15) is 9.59 Å². The standard InChI is InChI=1S/C23H20N2O4/c1-14-12-20(26)19-7-6-18(13-21(19)28-14)29-22(16-8-10-25-11-9-16)15-2-4-17(5-3-15)23(24)27/h2-11,13-14,22H,12H2,1H3,(H2,24,27). The van der Waals surface area contributed by atoms with E-state index in [1.165, 1.54) is 0 Å². The van der Waals surface area contributed by atoms with Crippen LogP contribution in [-0.2, 0) is 0 Å². The quantitative estimate of drug-likeness (QED) is 0.719. The van der Waals surface area contributed by atoms with E-state index in [-0.39, 0.29) is 11.9 Å². The first-order valence-corrected chi connectivity index (χ1v) is 9.31. The summed E-state index contributed by atoms with van der Waals surface area (Å²) >= 11 is 0. The van der Waals surface area contributed by atoms with Gasteiger partial charge < -0.3 is 15.2 Å². The molecular formula is C23H20N2O4. The molecule has 1 aliphatic heterocycles. The van der Waals surface area contributed by atoms with Crippen molar-refractivity contribution in [3.8, 4) is 11.5 Å². The van der Waals surface area contributed by atoms with Gasteiger partial charge in [-0.2, -0.15) is 0 Å². The number of benzene rings is 2. The molecule has 2 heterocycles. The van der Waals surface area contributed by atoms with Crippen molar-refractivity contribution in [2.45, 2.75) is 25.6 Å². The lowest BCUT2D eigenvalue weighted by atomic mass is 10.00. The maximum Gasteiger partial charge on any atom is 0.248 e. The summed E-state index contributed by atoms with van der Waals surface area (Å²) < 4.78 is 12.1. The number of carbonyl (C=O) groups is 2. The average Bonchev–Trinajstić information content (AvgIpc) is 2.72. The number of carbonyl (C=O) groups excluding carboxylic acids is 2. The zero-order valence-corrected chi connectivity index (χ0v) is 15.9. The van der Waals surface area contributed by atoms with E-state index in [1.54, 1.807) is 42.7 Å². The SMILES string of the molecule is CC1CC(=O)c2ccc(OC(c3ccncc3)c3ccc(C(N)=O)cc3)cc2O1.